The van der Waals surface area contributed by atoms with E-state index in [1.165, 1.54) is 12.2 Å². The third-order valence-corrected chi connectivity index (χ3v) is 6.29. The summed E-state index contributed by atoms with van der Waals surface area (Å²) in [6.07, 6.45) is 4.55. The molecule has 0 fully saturated rings. The Labute approximate surface area is 240 Å². The maximum absolute atomic E-state index is 13.2. The minimum atomic E-state index is -0.546. The van der Waals surface area contributed by atoms with E-state index in [-0.39, 0.29) is 11.5 Å². The van der Waals surface area contributed by atoms with Crippen molar-refractivity contribution < 1.29 is 14.4 Å². The molecule has 0 bridgehead atoms. The summed E-state index contributed by atoms with van der Waals surface area (Å²) in [5.74, 6) is -1.22. The number of carbonyl (C=O) groups excluding carboxylic acids is 3. The molecule has 0 aromatic heterocycles. The van der Waals surface area contributed by atoms with Crippen molar-refractivity contribution in [1.82, 2.24) is 5.32 Å². The molecule has 0 saturated heterocycles. The van der Waals surface area contributed by atoms with E-state index in [9.17, 15) is 14.4 Å². The van der Waals surface area contributed by atoms with Crippen LogP contribution in [0.3, 0.4) is 0 Å². The van der Waals surface area contributed by atoms with Gasteiger partial charge in [0, 0.05) is 31.9 Å². The largest absolute Gasteiger partial charge is 0.321 e. The average Bonchev–Trinajstić information content (AvgIpc) is 2.93. The summed E-state index contributed by atoms with van der Waals surface area (Å²) in [6, 6.07) is 26.8. The number of amides is 2. The number of anilines is 1. The third kappa shape index (κ3) is 7.91. The SMILES string of the molecule is O=C(Nc1ccc(C(=O)/C=C/c2ccc(Cl)cc2Cl)cc1)/C(=C/c1cccc(Cl)c1)NC(=O)c1ccccc1. The maximum atomic E-state index is 13.2. The average molecular weight is 576 g/mol. The van der Waals surface area contributed by atoms with Crippen LogP contribution in [0.4, 0.5) is 5.69 Å². The van der Waals surface area contributed by atoms with E-state index in [1.807, 2.05) is 0 Å². The predicted molar refractivity (Wildman–Crippen MR) is 158 cm³/mol. The number of rotatable bonds is 8. The number of ketones is 1. The van der Waals surface area contributed by atoms with Gasteiger partial charge in [-0.15, -0.1) is 0 Å². The first kappa shape index (κ1) is 27.9. The van der Waals surface area contributed by atoms with Crippen LogP contribution in [-0.2, 0) is 4.79 Å². The number of benzene rings is 4. The quantitative estimate of drug-likeness (QED) is 0.165. The van der Waals surface area contributed by atoms with Gasteiger partial charge in [-0.1, -0.05) is 71.2 Å². The van der Waals surface area contributed by atoms with Crippen LogP contribution in [0.5, 0.6) is 0 Å². The standard InChI is InChI=1S/C31H21Cl3N2O3/c32-24-8-4-5-20(17-24)18-28(36-30(38)23-6-2-1-3-7-23)31(39)35-26-14-10-22(11-15-26)29(37)16-12-21-9-13-25(33)19-27(21)34/h1-19H,(H,35,39)(H,36,38)/b16-12+,28-18-. The fourth-order valence-corrected chi connectivity index (χ4v) is 4.19. The van der Waals surface area contributed by atoms with Gasteiger partial charge in [0.25, 0.3) is 11.8 Å². The maximum Gasteiger partial charge on any atom is 0.272 e. The van der Waals surface area contributed by atoms with Crippen molar-refractivity contribution in [3.8, 4) is 0 Å². The number of halogens is 3. The molecule has 0 spiro atoms. The Morgan fingerprint density at radius 3 is 2.10 bits per heavy atom. The van der Waals surface area contributed by atoms with Crippen molar-refractivity contribution in [2.24, 2.45) is 0 Å². The molecule has 2 N–H and O–H groups in total. The number of nitrogens with one attached hydrogen (secondary N) is 2. The van der Waals surface area contributed by atoms with E-state index >= 15 is 0 Å². The molecular formula is C31H21Cl3N2O3. The van der Waals surface area contributed by atoms with Crippen LogP contribution in [0, 0.1) is 0 Å². The van der Waals surface area contributed by atoms with Gasteiger partial charge in [-0.3, -0.25) is 14.4 Å². The lowest BCUT2D eigenvalue weighted by Crippen LogP contribution is -2.30. The Bertz CT molecular complexity index is 1580. The molecule has 0 saturated carbocycles. The molecular weight excluding hydrogens is 555 g/mol. The van der Waals surface area contributed by atoms with E-state index in [1.54, 1.807) is 103 Å². The Morgan fingerprint density at radius 2 is 1.41 bits per heavy atom. The molecule has 4 aromatic carbocycles. The van der Waals surface area contributed by atoms with E-state index < -0.39 is 11.8 Å². The third-order valence-electron chi connectivity index (χ3n) is 5.49. The highest BCUT2D eigenvalue weighted by atomic mass is 35.5. The zero-order chi connectivity index (χ0) is 27.8. The number of allylic oxidation sites excluding steroid dienone is 1. The molecule has 0 atom stereocenters. The first-order valence-corrected chi connectivity index (χ1v) is 12.8. The second-order valence-electron chi connectivity index (χ2n) is 8.33. The lowest BCUT2D eigenvalue weighted by molar-refractivity contribution is -0.113. The van der Waals surface area contributed by atoms with Crippen molar-refractivity contribution in [1.29, 1.82) is 0 Å². The van der Waals surface area contributed by atoms with E-state index in [0.29, 0.717) is 43.0 Å². The summed E-state index contributed by atoms with van der Waals surface area (Å²) in [7, 11) is 0. The molecule has 5 nitrogen and oxygen atoms in total. The molecule has 0 radical (unpaired) electrons. The first-order valence-electron chi connectivity index (χ1n) is 11.7. The van der Waals surface area contributed by atoms with Crippen molar-refractivity contribution in [3.05, 3.63) is 146 Å². The fourth-order valence-electron chi connectivity index (χ4n) is 3.52. The van der Waals surface area contributed by atoms with Crippen molar-refractivity contribution in [3.63, 3.8) is 0 Å². The van der Waals surface area contributed by atoms with E-state index in [0.717, 1.165) is 0 Å². The second kappa shape index (κ2) is 13.1. The van der Waals surface area contributed by atoms with Crippen LogP contribution in [0.2, 0.25) is 15.1 Å². The summed E-state index contributed by atoms with van der Waals surface area (Å²) in [5.41, 5.74) is 2.57. The molecule has 39 heavy (non-hydrogen) atoms. The molecule has 4 aromatic rings. The van der Waals surface area contributed by atoms with Crippen LogP contribution in [0.15, 0.2) is 109 Å². The topological polar surface area (TPSA) is 75.3 Å². The number of hydrogen-bond donors (Lipinski definition) is 2. The summed E-state index contributed by atoms with van der Waals surface area (Å²) < 4.78 is 0. The molecule has 0 aliphatic rings. The molecule has 0 aliphatic carbocycles. The Hall–Kier alpha value is -4.16. The van der Waals surface area contributed by atoms with Gasteiger partial charge in [0.05, 0.1) is 0 Å². The van der Waals surface area contributed by atoms with Crippen LogP contribution in [0.25, 0.3) is 12.2 Å². The molecule has 4 rings (SSSR count). The smallest absolute Gasteiger partial charge is 0.272 e. The molecule has 0 heterocycles. The van der Waals surface area contributed by atoms with Crippen molar-refractivity contribution in [2.45, 2.75) is 0 Å². The molecule has 0 aliphatic heterocycles. The number of carbonyl (C=O) groups is 3. The summed E-state index contributed by atoms with van der Waals surface area (Å²) in [4.78, 5) is 38.6. The minimum absolute atomic E-state index is 0.0223. The van der Waals surface area contributed by atoms with Gasteiger partial charge >= 0.3 is 0 Å². The molecule has 194 valence electrons. The lowest BCUT2D eigenvalue weighted by atomic mass is 10.1. The monoisotopic (exact) mass is 574 g/mol. The van der Waals surface area contributed by atoms with Gasteiger partial charge in [0.2, 0.25) is 0 Å². The zero-order valence-corrected chi connectivity index (χ0v) is 22.6. The Morgan fingerprint density at radius 1 is 0.692 bits per heavy atom. The second-order valence-corrected chi connectivity index (χ2v) is 9.61. The van der Waals surface area contributed by atoms with Gasteiger partial charge < -0.3 is 10.6 Å². The van der Waals surface area contributed by atoms with Crippen molar-refractivity contribution >= 4 is 70.2 Å². The zero-order valence-electron chi connectivity index (χ0n) is 20.3. The minimum Gasteiger partial charge on any atom is -0.321 e. The Kier molecular flexibility index (Phi) is 9.34. The summed E-state index contributed by atoms with van der Waals surface area (Å²) in [5, 5.41) is 6.86. The van der Waals surface area contributed by atoms with Gasteiger partial charge in [-0.2, -0.15) is 0 Å². The number of hydrogen-bond acceptors (Lipinski definition) is 3. The van der Waals surface area contributed by atoms with Crippen LogP contribution in [0.1, 0.15) is 31.8 Å². The Balaban J connectivity index is 1.49. The van der Waals surface area contributed by atoms with Gasteiger partial charge in [-0.05, 0) is 90.0 Å². The van der Waals surface area contributed by atoms with Gasteiger partial charge in [0.15, 0.2) is 5.78 Å². The normalized spacial score (nSPS) is 11.3. The van der Waals surface area contributed by atoms with Gasteiger partial charge in [0.1, 0.15) is 5.70 Å². The van der Waals surface area contributed by atoms with E-state index in [2.05, 4.69) is 10.6 Å². The van der Waals surface area contributed by atoms with Crippen LogP contribution >= 0.6 is 34.8 Å². The highest BCUT2D eigenvalue weighted by Gasteiger charge is 2.15. The fraction of sp³-hybridized carbons (Fsp3) is 0. The van der Waals surface area contributed by atoms with Crippen LogP contribution < -0.4 is 10.6 Å². The van der Waals surface area contributed by atoms with Crippen molar-refractivity contribution in [2.75, 3.05) is 5.32 Å². The van der Waals surface area contributed by atoms with Crippen LogP contribution in [-0.4, -0.2) is 17.6 Å². The summed E-state index contributed by atoms with van der Waals surface area (Å²) in [6.45, 7) is 0. The molecule has 0 unspecified atom stereocenters. The molecule has 2 amide bonds. The van der Waals surface area contributed by atoms with Gasteiger partial charge in [-0.25, -0.2) is 0 Å². The predicted octanol–water partition coefficient (Wildman–Crippen LogP) is 7.95. The highest BCUT2D eigenvalue weighted by molar-refractivity contribution is 6.35. The molecule has 8 heteroatoms. The van der Waals surface area contributed by atoms with E-state index in [4.69, 9.17) is 34.8 Å². The summed E-state index contributed by atoms with van der Waals surface area (Å²) >= 11 is 18.2. The lowest BCUT2D eigenvalue weighted by Gasteiger charge is -2.12. The highest BCUT2D eigenvalue weighted by Crippen LogP contribution is 2.22. The first-order chi connectivity index (χ1) is 18.8.